The number of amides is 1. The molecule has 0 radical (unpaired) electrons. The summed E-state index contributed by atoms with van der Waals surface area (Å²) in [6.07, 6.45) is 0.892. The van der Waals surface area contributed by atoms with Gasteiger partial charge < -0.3 is 14.8 Å². The zero-order valence-electron chi connectivity index (χ0n) is 9.53. The molecule has 0 aliphatic heterocycles. The Morgan fingerprint density at radius 3 is 2.12 bits per heavy atom. The van der Waals surface area contributed by atoms with Crippen LogP contribution >= 0.6 is 0 Å². The summed E-state index contributed by atoms with van der Waals surface area (Å²) in [6, 6.07) is 0. The normalized spacial score (nSPS) is 10.6. The van der Waals surface area contributed by atoms with Gasteiger partial charge >= 0.3 is 11.9 Å². The lowest BCUT2D eigenvalue weighted by Crippen LogP contribution is -2.27. The van der Waals surface area contributed by atoms with Gasteiger partial charge in [0.05, 0.1) is 19.3 Å². The van der Waals surface area contributed by atoms with Gasteiger partial charge in [-0.15, -0.1) is 0 Å². The van der Waals surface area contributed by atoms with E-state index in [0.717, 1.165) is 6.08 Å². The molecule has 1 N–H and O–H groups in total. The van der Waals surface area contributed by atoms with Crippen LogP contribution in [0, 0.1) is 0 Å². The lowest BCUT2D eigenvalue weighted by atomic mass is 10.4. The van der Waals surface area contributed by atoms with Gasteiger partial charge in [-0.1, -0.05) is 0 Å². The first-order valence-corrected chi connectivity index (χ1v) is 4.84. The maximum Gasteiger partial charge on any atom is 0.355 e. The summed E-state index contributed by atoms with van der Waals surface area (Å²) in [5.74, 6) is -1.95. The van der Waals surface area contributed by atoms with Crippen LogP contribution < -0.4 is 5.32 Å². The first-order chi connectivity index (χ1) is 7.51. The Hall–Kier alpha value is -1.85. The average molecular weight is 229 g/mol. The van der Waals surface area contributed by atoms with Gasteiger partial charge in [0.15, 0.2) is 0 Å². The van der Waals surface area contributed by atoms with Crippen molar-refractivity contribution in [2.45, 2.75) is 20.8 Å². The van der Waals surface area contributed by atoms with E-state index in [1.165, 1.54) is 6.92 Å². The van der Waals surface area contributed by atoms with Crippen molar-refractivity contribution in [2.75, 3.05) is 13.2 Å². The predicted octanol–water partition coefficient (Wildman–Crippen LogP) is 0.133. The summed E-state index contributed by atoms with van der Waals surface area (Å²) >= 11 is 0. The molecule has 90 valence electrons. The van der Waals surface area contributed by atoms with Gasteiger partial charge in [-0.25, -0.2) is 9.59 Å². The molecule has 0 spiro atoms. The average Bonchev–Trinajstić information content (AvgIpc) is 2.16. The van der Waals surface area contributed by atoms with Crippen LogP contribution in [-0.4, -0.2) is 31.1 Å². The summed E-state index contributed by atoms with van der Waals surface area (Å²) < 4.78 is 9.26. The molecule has 0 fully saturated rings. The minimum absolute atomic E-state index is 0.151. The molecule has 0 rings (SSSR count). The number of esters is 2. The molecule has 0 heterocycles. The third-order valence-electron chi connectivity index (χ3n) is 1.35. The number of rotatable bonds is 5. The molecule has 0 aliphatic carbocycles. The summed E-state index contributed by atoms with van der Waals surface area (Å²) in [6.45, 7) is 4.81. The van der Waals surface area contributed by atoms with Gasteiger partial charge in [-0.05, 0) is 13.8 Å². The molecule has 16 heavy (non-hydrogen) atoms. The van der Waals surface area contributed by atoms with Gasteiger partial charge in [0.25, 0.3) is 0 Å². The standard InChI is InChI=1S/C10H15NO5/c1-4-15-9(13)6-8(11-7(3)12)10(14)16-5-2/h6H,4-5H2,1-3H3,(H,11,12). The second-order valence-corrected chi connectivity index (χ2v) is 2.71. The highest BCUT2D eigenvalue weighted by Crippen LogP contribution is 1.96. The maximum atomic E-state index is 11.3. The molecule has 0 atom stereocenters. The number of nitrogens with one attached hydrogen (secondary N) is 1. The summed E-state index contributed by atoms with van der Waals surface area (Å²) in [5.41, 5.74) is -0.229. The van der Waals surface area contributed by atoms with E-state index in [9.17, 15) is 14.4 Å². The van der Waals surface area contributed by atoms with Crippen LogP contribution in [0.3, 0.4) is 0 Å². The Kier molecular flexibility index (Phi) is 6.58. The van der Waals surface area contributed by atoms with Crippen LogP contribution in [0.4, 0.5) is 0 Å². The molecule has 6 heteroatoms. The van der Waals surface area contributed by atoms with Crippen LogP contribution in [0.1, 0.15) is 20.8 Å². The van der Waals surface area contributed by atoms with Crippen molar-refractivity contribution in [1.29, 1.82) is 0 Å². The van der Waals surface area contributed by atoms with E-state index in [-0.39, 0.29) is 18.9 Å². The molecular weight excluding hydrogens is 214 g/mol. The van der Waals surface area contributed by atoms with Crippen LogP contribution in [0.25, 0.3) is 0 Å². The third-order valence-corrected chi connectivity index (χ3v) is 1.35. The zero-order valence-corrected chi connectivity index (χ0v) is 9.53. The molecule has 0 aliphatic rings. The zero-order chi connectivity index (χ0) is 12.6. The highest BCUT2D eigenvalue weighted by molar-refractivity contribution is 5.99. The van der Waals surface area contributed by atoms with E-state index in [1.54, 1.807) is 13.8 Å². The molecule has 0 aromatic heterocycles. The van der Waals surface area contributed by atoms with Crippen molar-refractivity contribution in [3.05, 3.63) is 11.8 Å². The second-order valence-electron chi connectivity index (χ2n) is 2.71. The number of carbonyl (C=O) groups is 3. The van der Waals surface area contributed by atoms with Crippen molar-refractivity contribution >= 4 is 17.8 Å². The topological polar surface area (TPSA) is 81.7 Å². The van der Waals surface area contributed by atoms with Crippen molar-refractivity contribution in [1.82, 2.24) is 5.32 Å². The lowest BCUT2D eigenvalue weighted by molar-refractivity contribution is -0.141. The predicted molar refractivity (Wildman–Crippen MR) is 55.2 cm³/mol. The van der Waals surface area contributed by atoms with Crippen molar-refractivity contribution in [3.8, 4) is 0 Å². The van der Waals surface area contributed by atoms with Crippen molar-refractivity contribution in [3.63, 3.8) is 0 Å². The van der Waals surface area contributed by atoms with Gasteiger partial charge in [0.2, 0.25) is 5.91 Å². The largest absolute Gasteiger partial charge is 0.463 e. The number of hydrogen-bond donors (Lipinski definition) is 1. The fraction of sp³-hybridized carbons (Fsp3) is 0.500. The molecule has 0 bridgehead atoms. The Bertz CT molecular complexity index is 308. The van der Waals surface area contributed by atoms with Crippen molar-refractivity contribution < 1.29 is 23.9 Å². The third kappa shape index (κ3) is 5.79. The molecule has 0 saturated carbocycles. The van der Waals surface area contributed by atoms with E-state index in [0.29, 0.717) is 0 Å². The van der Waals surface area contributed by atoms with Gasteiger partial charge in [-0.3, -0.25) is 4.79 Å². The van der Waals surface area contributed by atoms with Gasteiger partial charge in [-0.2, -0.15) is 0 Å². The number of ether oxygens (including phenoxy) is 2. The Morgan fingerprint density at radius 1 is 1.12 bits per heavy atom. The minimum Gasteiger partial charge on any atom is -0.463 e. The smallest absolute Gasteiger partial charge is 0.355 e. The Labute approximate surface area is 93.6 Å². The fourth-order valence-electron chi connectivity index (χ4n) is 0.846. The maximum absolute atomic E-state index is 11.3. The molecule has 0 aromatic carbocycles. The Morgan fingerprint density at radius 2 is 1.69 bits per heavy atom. The number of carbonyl (C=O) groups excluding carboxylic acids is 3. The summed E-state index contributed by atoms with van der Waals surface area (Å²) in [7, 11) is 0. The van der Waals surface area contributed by atoms with Crippen LogP contribution in [-0.2, 0) is 23.9 Å². The first kappa shape index (κ1) is 14.2. The number of hydrogen-bond acceptors (Lipinski definition) is 5. The molecule has 0 saturated heterocycles. The second kappa shape index (κ2) is 7.44. The molecule has 0 unspecified atom stereocenters. The molecule has 0 aromatic rings. The van der Waals surface area contributed by atoms with E-state index in [2.05, 4.69) is 14.8 Å². The first-order valence-electron chi connectivity index (χ1n) is 4.84. The SMILES string of the molecule is CCOC(=O)C=C(NC(C)=O)C(=O)OCC. The minimum atomic E-state index is -0.772. The quantitative estimate of drug-likeness (QED) is 0.535. The highest BCUT2D eigenvalue weighted by atomic mass is 16.5. The molecular formula is C10H15NO5. The van der Waals surface area contributed by atoms with Crippen LogP contribution in [0.2, 0.25) is 0 Å². The van der Waals surface area contributed by atoms with Crippen molar-refractivity contribution in [2.24, 2.45) is 0 Å². The Balaban J connectivity index is 4.71. The fourth-order valence-corrected chi connectivity index (χ4v) is 0.846. The summed E-state index contributed by atoms with van der Waals surface area (Å²) in [5, 5.41) is 2.20. The van der Waals surface area contributed by atoms with Crippen LogP contribution in [0.5, 0.6) is 0 Å². The molecule has 1 amide bonds. The monoisotopic (exact) mass is 229 g/mol. The highest BCUT2D eigenvalue weighted by Gasteiger charge is 2.14. The van der Waals surface area contributed by atoms with E-state index >= 15 is 0 Å². The van der Waals surface area contributed by atoms with Gasteiger partial charge in [0.1, 0.15) is 5.70 Å². The van der Waals surface area contributed by atoms with Gasteiger partial charge in [0, 0.05) is 6.92 Å². The van der Waals surface area contributed by atoms with Crippen LogP contribution in [0.15, 0.2) is 11.8 Å². The summed E-state index contributed by atoms with van der Waals surface area (Å²) in [4.78, 5) is 33.2. The van der Waals surface area contributed by atoms with E-state index in [4.69, 9.17) is 0 Å². The van der Waals surface area contributed by atoms with E-state index in [1.807, 2.05) is 0 Å². The van der Waals surface area contributed by atoms with E-state index < -0.39 is 17.8 Å². The molecule has 6 nitrogen and oxygen atoms in total. The lowest BCUT2D eigenvalue weighted by Gasteiger charge is -2.06.